The fraction of sp³-hybridized carbons (Fsp3) is 0.300. The highest BCUT2D eigenvalue weighted by Crippen LogP contribution is 2.39. The van der Waals surface area contributed by atoms with Gasteiger partial charge in [-0.25, -0.2) is 4.98 Å². The molecule has 1 amide bonds. The summed E-state index contributed by atoms with van der Waals surface area (Å²) in [4.78, 5) is 22.2. The number of H-pyrrole nitrogens is 1. The van der Waals surface area contributed by atoms with E-state index in [4.69, 9.17) is 5.73 Å². The lowest BCUT2D eigenvalue weighted by Crippen LogP contribution is -2.43. The number of carbonyl (C=O) groups is 1. The Kier molecular flexibility index (Phi) is 6.82. The molecule has 3 heterocycles. The zero-order valence-electron chi connectivity index (χ0n) is 16.2. The third-order valence-electron chi connectivity index (χ3n) is 5.10. The highest BCUT2D eigenvalue weighted by atomic mass is 79.9. The van der Waals surface area contributed by atoms with E-state index in [9.17, 15) is 18.0 Å². The number of hydrogen-bond donors (Lipinski definition) is 3. The van der Waals surface area contributed by atoms with E-state index in [1.807, 2.05) is 0 Å². The molecule has 6 nitrogen and oxygen atoms in total. The summed E-state index contributed by atoms with van der Waals surface area (Å²) >= 11 is 3.54. The number of aromatic amines is 1. The maximum Gasteiger partial charge on any atom is 0.416 e. The minimum atomic E-state index is -4.52. The molecular weight excluding hydrogens is 499 g/mol. The second-order valence-corrected chi connectivity index (χ2v) is 8.12. The van der Waals surface area contributed by atoms with Crippen molar-refractivity contribution in [3.05, 3.63) is 52.3 Å². The lowest BCUT2D eigenvalue weighted by molar-refractivity contribution is -0.137. The Labute approximate surface area is 190 Å². The number of carbonyl (C=O) groups excluding carboxylic acids is 1. The first-order valence-corrected chi connectivity index (χ1v) is 10.2. The van der Waals surface area contributed by atoms with Gasteiger partial charge in [-0.1, -0.05) is 6.07 Å². The Balaban J connectivity index is 0.00000272. The van der Waals surface area contributed by atoms with Crippen molar-refractivity contribution in [1.82, 2.24) is 9.97 Å². The fourth-order valence-corrected chi connectivity index (χ4v) is 4.26. The van der Waals surface area contributed by atoms with Crippen molar-refractivity contribution in [3.63, 3.8) is 0 Å². The molecule has 11 heteroatoms. The van der Waals surface area contributed by atoms with Crippen LogP contribution >= 0.6 is 28.3 Å². The van der Waals surface area contributed by atoms with Gasteiger partial charge in [-0.05, 0) is 47.0 Å². The molecule has 3 aromatic rings. The number of benzene rings is 1. The fourth-order valence-electron chi connectivity index (χ4n) is 3.71. The van der Waals surface area contributed by atoms with E-state index < -0.39 is 17.6 Å². The van der Waals surface area contributed by atoms with Crippen LogP contribution in [-0.4, -0.2) is 35.0 Å². The predicted octanol–water partition coefficient (Wildman–Crippen LogP) is 4.95. The Morgan fingerprint density at radius 1 is 1.35 bits per heavy atom. The SMILES string of the molecule is Cl.N[C@@H]1CCCN(c2c(Br)cnc3[nH]cc(NC(=O)c4cccc(C(F)(F)F)c4)c23)C1. The molecule has 1 fully saturated rings. The molecule has 4 rings (SSSR count). The summed E-state index contributed by atoms with van der Waals surface area (Å²) in [6.07, 6.45) is 0.615. The minimum absolute atomic E-state index is 0. The molecule has 2 aromatic heterocycles. The minimum Gasteiger partial charge on any atom is -0.368 e. The smallest absolute Gasteiger partial charge is 0.368 e. The van der Waals surface area contributed by atoms with Crippen LogP contribution in [0.1, 0.15) is 28.8 Å². The molecule has 1 saturated heterocycles. The summed E-state index contributed by atoms with van der Waals surface area (Å²) in [6, 6.07) is 4.37. The molecule has 0 unspecified atom stereocenters. The Bertz CT molecular complexity index is 1100. The molecule has 1 atom stereocenters. The van der Waals surface area contributed by atoms with Gasteiger partial charge in [-0.15, -0.1) is 12.4 Å². The summed E-state index contributed by atoms with van der Waals surface area (Å²) in [5.41, 5.74) is 7.03. The number of fused-ring (bicyclic) bond motifs is 1. The van der Waals surface area contributed by atoms with Crippen LogP contribution in [0, 0.1) is 0 Å². The van der Waals surface area contributed by atoms with Gasteiger partial charge in [0, 0.05) is 37.1 Å². The van der Waals surface area contributed by atoms with Gasteiger partial charge in [-0.3, -0.25) is 4.79 Å². The van der Waals surface area contributed by atoms with Gasteiger partial charge in [0.25, 0.3) is 5.91 Å². The van der Waals surface area contributed by atoms with E-state index in [0.717, 1.165) is 41.7 Å². The molecule has 31 heavy (non-hydrogen) atoms. The molecule has 1 aromatic carbocycles. The van der Waals surface area contributed by atoms with Gasteiger partial charge < -0.3 is 20.9 Å². The molecule has 0 saturated carbocycles. The van der Waals surface area contributed by atoms with Crippen molar-refractivity contribution < 1.29 is 18.0 Å². The van der Waals surface area contributed by atoms with Crippen molar-refractivity contribution in [2.24, 2.45) is 5.73 Å². The van der Waals surface area contributed by atoms with Crippen LogP contribution in [0.25, 0.3) is 11.0 Å². The van der Waals surface area contributed by atoms with E-state index in [2.05, 4.69) is 36.1 Å². The number of anilines is 2. The first kappa shape index (κ1) is 23.4. The van der Waals surface area contributed by atoms with Crippen LogP contribution in [0.5, 0.6) is 0 Å². The standard InChI is InChI=1S/C20H19BrF3N5O.ClH/c21-14-8-26-18-16(17(14)29-6-2-5-13(25)10-29)15(9-27-18)28-19(30)11-3-1-4-12(7-11)20(22,23)24;/h1,3-4,7-9,13H,2,5-6,10,25H2,(H,26,27)(H,28,30);1H/t13-;/m1./s1. The second kappa shape index (κ2) is 9.05. The van der Waals surface area contributed by atoms with E-state index in [-0.39, 0.29) is 24.0 Å². The number of alkyl halides is 3. The van der Waals surface area contributed by atoms with E-state index in [0.29, 0.717) is 23.3 Å². The Hall–Kier alpha value is -2.30. The lowest BCUT2D eigenvalue weighted by atomic mass is 10.1. The maximum atomic E-state index is 13.0. The Morgan fingerprint density at radius 2 is 2.13 bits per heavy atom. The predicted molar refractivity (Wildman–Crippen MR) is 120 cm³/mol. The van der Waals surface area contributed by atoms with Crippen LogP contribution in [0.15, 0.2) is 41.1 Å². The summed E-state index contributed by atoms with van der Waals surface area (Å²) < 4.78 is 39.7. The van der Waals surface area contributed by atoms with Crippen LogP contribution in [0.3, 0.4) is 0 Å². The first-order valence-electron chi connectivity index (χ1n) is 9.39. The number of pyridine rings is 1. The third kappa shape index (κ3) is 4.81. The molecule has 1 aliphatic heterocycles. The first-order chi connectivity index (χ1) is 14.2. The van der Waals surface area contributed by atoms with Crippen LogP contribution < -0.4 is 16.0 Å². The van der Waals surface area contributed by atoms with Crippen LogP contribution in [-0.2, 0) is 6.18 Å². The van der Waals surface area contributed by atoms with Crippen molar-refractivity contribution in [1.29, 1.82) is 0 Å². The number of nitrogens with one attached hydrogen (secondary N) is 2. The van der Waals surface area contributed by atoms with Gasteiger partial charge in [0.1, 0.15) is 5.65 Å². The number of amides is 1. The average Bonchev–Trinajstić information content (AvgIpc) is 3.10. The zero-order valence-corrected chi connectivity index (χ0v) is 18.6. The van der Waals surface area contributed by atoms with Gasteiger partial charge >= 0.3 is 6.18 Å². The molecular formula is C20H20BrClF3N5O. The molecule has 0 radical (unpaired) electrons. The van der Waals surface area contributed by atoms with Crippen molar-refractivity contribution in [3.8, 4) is 0 Å². The second-order valence-electron chi connectivity index (χ2n) is 7.26. The normalized spacial score (nSPS) is 16.8. The van der Waals surface area contributed by atoms with E-state index >= 15 is 0 Å². The van der Waals surface area contributed by atoms with Crippen LogP contribution in [0.2, 0.25) is 0 Å². The number of piperidine rings is 1. The van der Waals surface area contributed by atoms with Gasteiger partial charge in [0.15, 0.2) is 0 Å². The molecule has 4 N–H and O–H groups in total. The highest BCUT2D eigenvalue weighted by Gasteiger charge is 2.31. The quantitative estimate of drug-likeness (QED) is 0.458. The van der Waals surface area contributed by atoms with Gasteiger partial charge in [0.05, 0.1) is 26.8 Å². The lowest BCUT2D eigenvalue weighted by Gasteiger charge is -2.33. The van der Waals surface area contributed by atoms with Gasteiger partial charge in [0.2, 0.25) is 0 Å². The highest BCUT2D eigenvalue weighted by molar-refractivity contribution is 9.10. The number of nitrogens with two attached hydrogens (primary N) is 1. The number of hydrogen-bond acceptors (Lipinski definition) is 4. The summed E-state index contributed by atoms with van der Waals surface area (Å²) in [6.45, 7) is 1.46. The Morgan fingerprint density at radius 3 is 2.84 bits per heavy atom. The largest absolute Gasteiger partial charge is 0.416 e. The molecule has 0 aliphatic carbocycles. The third-order valence-corrected chi connectivity index (χ3v) is 5.68. The molecule has 166 valence electrons. The summed E-state index contributed by atoms with van der Waals surface area (Å²) in [7, 11) is 0. The van der Waals surface area contributed by atoms with Crippen LogP contribution in [0.4, 0.5) is 24.5 Å². The average molecular weight is 519 g/mol. The zero-order chi connectivity index (χ0) is 21.5. The van der Waals surface area contributed by atoms with Crippen molar-refractivity contribution >= 4 is 56.7 Å². The number of rotatable bonds is 3. The molecule has 0 bridgehead atoms. The summed E-state index contributed by atoms with van der Waals surface area (Å²) in [5, 5.41) is 3.40. The molecule has 0 spiro atoms. The molecule has 1 aliphatic rings. The van der Waals surface area contributed by atoms with E-state index in [1.165, 1.54) is 12.1 Å². The maximum absolute atomic E-state index is 13.0. The van der Waals surface area contributed by atoms with E-state index in [1.54, 1.807) is 12.4 Å². The topological polar surface area (TPSA) is 87.0 Å². The number of nitrogens with zero attached hydrogens (tertiary/aromatic N) is 2. The van der Waals surface area contributed by atoms with Crippen molar-refractivity contribution in [2.75, 3.05) is 23.3 Å². The monoisotopic (exact) mass is 517 g/mol. The van der Waals surface area contributed by atoms with Gasteiger partial charge in [-0.2, -0.15) is 13.2 Å². The summed E-state index contributed by atoms with van der Waals surface area (Å²) in [5.74, 6) is -0.636. The van der Waals surface area contributed by atoms with Crippen molar-refractivity contribution in [2.45, 2.75) is 25.1 Å². The number of halogens is 5. The number of aromatic nitrogens is 2.